The van der Waals surface area contributed by atoms with E-state index in [0.717, 1.165) is 24.2 Å². The largest absolute Gasteiger partial charge is 0.311 e. The first kappa shape index (κ1) is 12.2. The molecule has 1 aliphatic carbocycles. The molecule has 0 aromatic heterocycles. The quantitative estimate of drug-likeness (QED) is 0.889. The van der Waals surface area contributed by atoms with Gasteiger partial charge in [-0.25, -0.2) is 0 Å². The van der Waals surface area contributed by atoms with Crippen molar-refractivity contribution >= 4 is 11.6 Å². The summed E-state index contributed by atoms with van der Waals surface area (Å²) in [6.07, 6.45) is 3.70. The van der Waals surface area contributed by atoms with Crippen LogP contribution in [0, 0.1) is 11.3 Å². The lowest BCUT2D eigenvalue weighted by molar-refractivity contribution is -0.118. The van der Waals surface area contributed by atoms with E-state index in [1.165, 1.54) is 12.8 Å². The van der Waals surface area contributed by atoms with Gasteiger partial charge in [0, 0.05) is 18.3 Å². The van der Waals surface area contributed by atoms with Crippen molar-refractivity contribution in [2.45, 2.75) is 37.8 Å². The van der Waals surface area contributed by atoms with E-state index in [1.807, 2.05) is 29.2 Å². The highest BCUT2D eigenvalue weighted by Gasteiger charge is 2.36. The Morgan fingerprint density at radius 1 is 1.26 bits per heavy atom. The number of anilines is 1. The number of hydrogen-bond acceptors (Lipinski definition) is 3. The number of nitriles is 1. The second kappa shape index (κ2) is 5.02. The predicted molar refractivity (Wildman–Crippen MR) is 72.7 cm³/mol. The molecule has 2 aliphatic rings. The molecule has 1 unspecified atom stereocenters. The minimum Gasteiger partial charge on any atom is -0.311 e. The van der Waals surface area contributed by atoms with Gasteiger partial charge in [-0.3, -0.25) is 4.79 Å². The maximum absolute atomic E-state index is 12.3. The molecule has 1 aromatic rings. The topological polar surface area (TPSA) is 56.1 Å². The number of amides is 1. The van der Waals surface area contributed by atoms with Crippen molar-refractivity contribution in [3.05, 3.63) is 29.8 Å². The first-order valence-corrected chi connectivity index (χ1v) is 6.81. The number of hydrogen-bond donors (Lipinski definition) is 1. The maximum atomic E-state index is 12.3. The minimum atomic E-state index is -0.00807. The summed E-state index contributed by atoms with van der Waals surface area (Å²) in [5.74, 6) is 0.180. The van der Waals surface area contributed by atoms with Crippen molar-refractivity contribution in [3.8, 4) is 6.07 Å². The van der Waals surface area contributed by atoms with Gasteiger partial charge in [-0.05, 0) is 37.0 Å². The third kappa shape index (κ3) is 2.61. The van der Waals surface area contributed by atoms with Crippen LogP contribution >= 0.6 is 0 Å². The zero-order valence-electron chi connectivity index (χ0n) is 10.8. The molecule has 1 amide bonds. The molecule has 98 valence electrons. The van der Waals surface area contributed by atoms with Gasteiger partial charge >= 0.3 is 0 Å². The molecule has 1 saturated carbocycles. The molecule has 1 atom stereocenters. The number of carbonyl (C=O) groups excluding carboxylic acids is 1. The fourth-order valence-electron chi connectivity index (χ4n) is 2.51. The Hall–Kier alpha value is -1.86. The average molecular weight is 255 g/mol. The highest BCUT2D eigenvalue weighted by Crippen LogP contribution is 2.25. The number of nitrogens with zero attached hydrogens (tertiary/aromatic N) is 2. The summed E-state index contributed by atoms with van der Waals surface area (Å²) in [6.45, 7) is 0.779. The van der Waals surface area contributed by atoms with Crippen LogP contribution in [0.4, 0.5) is 5.69 Å². The van der Waals surface area contributed by atoms with Crippen molar-refractivity contribution < 1.29 is 4.79 Å². The van der Waals surface area contributed by atoms with E-state index in [1.54, 1.807) is 0 Å². The highest BCUT2D eigenvalue weighted by molar-refractivity contribution is 5.99. The van der Waals surface area contributed by atoms with Gasteiger partial charge < -0.3 is 10.2 Å². The summed E-state index contributed by atoms with van der Waals surface area (Å²) in [4.78, 5) is 14.1. The molecule has 19 heavy (non-hydrogen) atoms. The molecular weight excluding hydrogens is 238 g/mol. The molecule has 0 radical (unpaired) electrons. The number of nitrogens with one attached hydrogen (secondary N) is 1. The monoisotopic (exact) mass is 255 g/mol. The third-order valence-electron chi connectivity index (χ3n) is 3.75. The van der Waals surface area contributed by atoms with Gasteiger partial charge in [0.25, 0.3) is 0 Å². The van der Waals surface area contributed by atoms with Crippen molar-refractivity contribution in [1.82, 2.24) is 5.32 Å². The molecule has 0 spiro atoms. The Morgan fingerprint density at radius 2 is 2.00 bits per heavy atom. The van der Waals surface area contributed by atoms with Crippen molar-refractivity contribution in [1.29, 1.82) is 5.26 Å². The minimum absolute atomic E-state index is 0.00807. The average Bonchev–Trinajstić information content (AvgIpc) is 3.16. The van der Waals surface area contributed by atoms with Gasteiger partial charge in [-0.15, -0.1) is 0 Å². The third-order valence-corrected chi connectivity index (χ3v) is 3.75. The zero-order valence-corrected chi connectivity index (χ0v) is 10.8. The van der Waals surface area contributed by atoms with Gasteiger partial charge in [0.2, 0.25) is 5.91 Å². The fraction of sp³-hybridized carbons (Fsp3) is 0.467. The van der Waals surface area contributed by atoms with Crippen LogP contribution in [0.15, 0.2) is 24.3 Å². The van der Waals surface area contributed by atoms with E-state index in [0.29, 0.717) is 12.5 Å². The predicted octanol–water partition coefficient (Wildman–Crippen LogP) is 1.61. The van der Waals surface area contributed by atoms with Gasteiger partial charge in [0.05, 0.1) is 18.5 Å². The Kier molecular flexibility index (Phi) is 3.22. The van der Waals surface area contributed by atoms with Crippen LogP contribution in [-0.4, -0.2) is 24.5 Å². The molecule has 0 bridgehead atoms. The molecule has 3 rings (SSSR count). The molecule has 1 aliphatic heterocycles. The molecule has 1 heterocycles. The Morgan fingerprint density at radius 3 is 2.63 bits per heavy atom. The van der Waals surface area contributed by atoms with Gasteiger partial charge in [0.15, 0.2) is 0 Å². The van der Waals surface area contributed by atoms with E-state index in [2.05, 4.69) is 11.4 Å². The number of rotatable bonds is 4. The molecule has 2 fully saturated rings. The lowest BCUT2D eigenvalue weighted by Gasteiger charge is -2.17. The molecule has 4 nitrogen and oxygen atoms in total. The van der Waals surface area contributed by atoms with Crippen molar-refractivity contribution in [2.75, 3.05) is 11.4 Å². The summed E-state index contributed by atoms with van der Waals surface area (Å²) in [6, 6.07) is 10.4. The van der Waals surface area contributed by atoms with Crippen LogP contribution in [0.25, 0.3) is 0 Å². The second-order valence-electron chi connectivity index (χ2n) is 5.27. The summed E-state index contributed by atoms with van der Waals surface area (Å²) in [7, 11) is 0. The van der Waals surface area contributed by atoms with E-state index in [4.69, 9.17) is 5.26 Å². The molecular formula is C15H17N3O. The van der Waals surface area contributed by atoms with Crippen LogP contribution in [0.3, 0.4) is 0 Å². The zero-order chi connectivity index (χ0) is 13.2. The Labute approximate surface area is 113 Å². The highest BCUT2D eigenvalue weighted by atomic mass is 16.2. The normalized spacial score (nSPS) is 22.6. The Balaban J connectivity index is 1.68. The van der Waals surface area contributed by atoms with E-state index < -0.39 is 0 Å². The maximum Gasteiger partial charge on any atom is 0.244 e. The van der Waals surface area contributed by atoms with Gasteiger partial charge in [-0.1, -0.05) is 12.1 Å². The summed E-state index contributed by atoms with van der Waals surface area (Å²) in [5, 5.41) is 12.0. The van der Waals surface area contributed by atoms with E-state index in [9.17, 15) is 4.79 Å². The molecule has 1 saturated heterocycles. The lowest BCUT2D eigenvalue weighted by atomic mass is 10.1. The summed E-state index contributed by atoms with van der Waals surface area (Å²) in [5.41, 5.74) is 1.93. The molecule has 1 N–H and O–H groups in total. The summed E-state index contributed by atoms with van der Waals surface area (Å²) >= 11 is 0. The van der Waals surface area contributed by atoms with Crippen LogP contribution in [0.5, 0.6) is 0 Å². The lowest BCUT2D eigenvalue weighted by Crippen LogP contribution is -2.39. The second-order valence-corrected chi connectivity index (χ2v) is 5.27. The molecule has 4 heteroatoms. The van der Waals surface area contributed by atoms with Crippen molar-refractivity contribution in [2.24, 2.45) is 0 Å². The first-order chi connectivity index (χ1) is 9.28. The van der Waals surface area contributed by atoms with E-state index >= 15 is 0 Å². The van der Waals surface area contributed by atoms with Gasteiger partial charge in [0.1, 0.15) is 0 Å². The summed E-state index contributed by atoms with van der Waals surface area (Å²) < 4.78 is 0. The first-order valence-electron chi connectivity index (χ1n) is 6.81. The number of benzene rings is 1. The fourth-order valence-corrected chi connectivity index (χ4v) is 2.51. The standard InChI is InChI=1S/C15H17N3O/c16-9-7-11-1-5-13(6-2-11)18-10-8-14(15(18)19)17-12-3-4-12/h1-2,5-6,12,14,17H,3-4,7-8,10H2. The van der Waals surface area contributed by atoms with Crippen LogP contribution in [0.1, 0.15) is 24.8 Å². The van der Waals surface area contributed by atoms with Crippen LogP contribution in [-0.2, 0) is 11.2 Å². The molecule has 1 aromatic carbocycles. The van der Waals surface area contributed by atoms with Crippen molar-refractivity contribution in [3.63, 3.8) is 0 Å². The van der Waals surface area contributed by atoms with E-state index in [-0.39, 0.29) is 11.9 Å². The SMILES string of the molecule is N#CCc1ccc(N2CCC(NC3CC3)C2=O)cc1. The Bertz CT molecular complexity index is 513. The van der Waals surface area contributed by atoms with Crippen LogP contribution < -0.4 is 10.2 Å². The smallest absolute Gasteiger partial charge is 0.244 e. The van der Waals surface area contributed by atoms with Crippen LogP contribution in [0.2, 0.25) is 0 Å². The van der Waals surface area contributed by atoms with Gasteiger partial charge in [-0.2, -0.15) is 5.26 Å². The number of carbonyl (C=O) groups is 1.